The average Bonchev–Trinajstić information content (AvgIpc) is 3.56. The molecule has 35 heavy (non-hydrogen) atoms. The molecule has 6 heteroatoms. The van der Waals surface area contributed by atoms with Gasteiger partial charge in [-0.25, -0.2) is 0 Å². The number of furan rings is 1. The van der Waals surface area contributed by atoms with E-state index in [-0.39, 0.29) is 12.3 Å². The Morgan fingerprint density at radius 3 is 2.54 bits per heavy atom. The van der Waals surface area contributed by atoms with Crippen LogP contribution in [-0.2, 0) is 11.3 Å². The summed E-state index contributed by atoms with van der Waals surface area (Å²) in [6.07, 6.45) is 6.55. The fourth-order valence-corrected chi connectivity index (χ4v) is 3.98. The molecule has 1 N–H and O–H groups in total. The molecule has 0 unspecified atom stereocenters. The number of carboxylic acids is 1. The standard InChI is InChI=1S/C29H31NO5/c1-20(5-14-28(31)32)15-17-35-27-13-12-24(21-6-7-21)18-25(27)19-30(2)29(33)23-10-8-22(9-11-23)26-4-3-16-34-26/h3-4,8-13,15-16,18,21H,5-7,14,17,19H2,1-2H3,(H,31,32). The van der Waals surface area contributed by atoms with Crippen molar-refractivity contribution in [2.24, 2.45) is 0 Å². The fraction of sp³-hybridized carbons (Fsp3) is 0.310. The lowest BCUT2D eigenvalue weighted by Crippen LogP contribution is -2.26. The van der Waals surface area contributed by atoms with Crippen molar-refractivity contribution in [3.05, 3.63) is 89.2 Å². The fourth-order valence-electron chi connectivity index (χ4n) is 3.98. The van der Waals surface area contributed by atoms with Crippen LogP contribution in [0.3, 0.4) is 0 Å². The van der Waals surface area contributed by atoms with Crippen LogP contribution in [0.25, 0.3) is 11.3 Å². The van der Waals surface area contributed by atoms with Crippen LogP contribution in [0.4, 0.5) is 0 Å². The van der Waals surface area contributed by atoms with Gasteiger partial charge in [-0.3, -0.25) is 9.59 Å². The maximum Gasteiger partial charge on any atom is 0.303 e. The maximum atomic E-state index is 13.1. The number of allylic oxidation sites excluding steroid dienone is 1. The van der Waals surface area contributed by atoms with Gasteiger partial charge >= 0.3 is 5.97 Å². The van der Waals surface area contributed by atoms with E-state index in [4.69, 9.17) is 14.3 Å². The van der Waals surface area contributed by atoms with E-state index in [0.29, 0.717) is 31.1 Å². The quantitative estimate of drug-likeness (QED) is 0.331. The molecule has 3 aromatic rings. The first-order valence-electron chi connectivity index (χ1n) is 11.9. The molecule has 0 bridgehead atoms. The molecule has 1 fully saturated rings. The van der Waals surface area contributed by atoms with E-state index in [0.717, 1.165) is 28.2 Å². The molecule has 0 aliphatic heterocycles. The van der Waals surface area contributed by atoms with Crippen molar-refractivity contribution in [2.45, 2.75) is 45.1 Å². The second kappa shape index (κ2) is 11.1. The number of rotatable bonds is 11. The maximum absolute atomic E-state index is 13.1. The highest BCUT2D eigenvalue weighted by Crippen LogP contribution is 2.41. The monoisotopic (exact) mass is 473 g/mol. The van der Waals surface area contributed by atoms with Crippen LogP contribution >= 0.6 is 0 Å². The van der Waals surface area contributed by atoms with Crippen LogP contribution in [0.5, 0.6) is 5.75 Å². The number of amides is 1. The molecule has 1 aromatic heterocycles. The molecule has 1 saturated carbocycles. The molecule has 0 spiro atoms. The van der Waals surface area contributed by atoms with Gasteiger partial charge in [-0.05, 0) is 74.1 Å². The molecule has 1 heterocycles. The first-order valence-corrected chi connectivity index (χ1v) is 11.9. The Balaban J connectivity index is 1.44. The van der Waals surface area contributed by atoms with Crippen LogP contribution in [0.2, 0.25) is 0 Å². The third kappa shape index (κ3) is 6.63. The summed E-state index contributed by atoms with van der Waals surface area (Å²) in [4.78, 5) is 25.6. The number of nitrogens with zero attached hydrogens (tertiary/aromatic N) is 1. The van der Waals surface area contributed by atoms with E-state index >= 15 is 0 Å². The third-order valence-electron chi connectivity index (χ3n) is 6.23. The molecular weight excluding hydrogens is 442 g/mol. The van der Waals surface area contributed by atoms with E-state index in [9.17, 15) is 9.59 Å². The highest BCUT2D eigenvalue weighted by Gasteiger charge is 2.25. The summed E-state index contributed by atoms with van der Waals surface area (Å²) in [5, 5.41) is 8.85. The van der Waals surface area contributed by atoms with Gasteiger partial charge in [0.05, 0.1) is 6.26 Å². The van der Waals surface area contributed by atoms with Crippen LogP contribution in [0, 0.1) is 0 Å². The van der Waals surface area contributed by atoms with Crippen molar-refractivity contribution in [2.75, 3.05) is 13.7 Å². The van der Waals surface area contributed by atoms with Crippen LogP contribution in [0.1, 0.15) is 60.0 Å². The van der Waals surface area contributed by atoms with E-state index < -0.39 is 5.97 Å². The van der Waals surface area contributed by atoms with Crippen LogP contribution in [0.15, 0.2) is 76.9 Å². The number of ether oxygens (including phenoxy) is 1. The van der Waals surface area contributed by atoms with Gasteiger partial charge in [-0.15, -0.1) is 0 Å². The SMILES string of the molecule is CC(=CCOc1ccc(C2CC2)cc1CN(C)C(=O)c1ccc(-c2ccco2)cc1)CCC(=O)O. The van der Waals surface area contributed by atoms with E-state index in [1.54, 1.807) is 18.2 Å². The third-order valence-corrected chi connectivity index (χ3v) is 6.23. The normalized spacial score (nSPS) is 13.5. The van der Waals surface area contributed by atoms with Gasteiger partial charge in [-0.2, -0.15) is 0 Å². The van der Waals surface area contributed by atoms with Crippen molar-refractivity contribution >= 4 is 11.9 Å². The van der Waals surface area contributed by atoms with Gasteiger partial charge in [0.2, 0.25) is 0 Å². The first-order chi connectivity index (χ1) is 16.9. The predicted octanol–water partition coefficient (Wildman–Crippen LogP) is 6.29. The number of hydrogen-bond acceptors (Lipinski definition) is 4. The Bertz CT molecular complexity index is 1190. The summed E-state index contributed by atoms with van der Waals surface area (Å²) in [6, 6.07) is 17.4. The Kier molecular flexibility index (Phi) is 7.70. The average molecular weight is 474 g/mol. The summed E-state index contributed by atoms with van der Waals surface area (Å²) in [5.74, 6) is 1.23. The number of carbonyl (C=O) groups is 2. The Morgan fingerprint density at radius 2 is 1.89 bits per heavy atom. The molecule has 2 aromatic carbocycles. The van der Waals surface area contributed by atoms with Crippen molar-refractivity contribution in [3.63, 3.8) is 0 Å². The second-order valence-corrected chi connectivity index (χ2v) is 9.11. The summed E-state index contributed by atoms with van der Waals surface area (Å²) in [5.41, 5.74) is 4.77. The first kappa shape index (κ1) is 24.3. The number of aliphatic carboxylic acids is 1. The minimum absolute atomic E-state index is 0.0665. The second-order valence-electron chi connectivity index (χ2n) is 9.11. The molecule has 4 rings (SSSR count). The molecule has 0 radical (unpaired) electrons. The molecule has 6 nitrogen and oxygen atoms in total. The molecule has 1 aliphatic carbocycles. The van der Waals surface area contributed by atoms with Gasteiger partial charge < -0.3 is 19.2 Å². The van der Waals surface area contributed by atoms with Gasteiger partial charge in [0, 0.05) is 36.7 Å². The molecule has 182 valence electrons. The summed E-state index contributed by atoms with van der Waals surface area (Å²) in [7, 11) is 1.80. The summed E-state index contributed by atoms with van der Waals surface area (Å²) in [6.45, 7) is 2.69. The molecule has 1 aliphatic rings. The predicted molar refractivity (Wildman–Crippen MR) is 134 cm³/mol. The Labute approximate surface area is 205 Å². The van der Waals surface area contributed by atoms with E-state index in [1.807, 2.05) is 55.5 Å². The highest BCUT2D eigenvalue weighted by atomic mass is 16.5. The summed E-state index contributed by atoms with van der Waals surface area (Å²) >= 11 is 0. The number of benzene rings is 2. The van der Waals surface area contributed by atoms with Crippen LogP contribution < -0.4 is 4.74 Å². The number of hydrogen-bond donors (Lipinski definition) is 1. The van der Waals surface area contributed by atoms with Gasteiger partial charge in [-0.1, -0.05) is 29.8 Å². The zero-order valence-electron chi connectivity index (χ0n) is 20.2. The summed E-state index contributed by atoms with van der Waals surface area (Å²) < 4.78 is 11.5. The van der Waals surface area contributed by atoms with Crippen molar-refractivity contribution in [1.29, 1.82) is 0 Å². The van der Waals surface area contributed by atoms with E-state index in [1.165, 1.54) is 18.4 Å². The minimum Gasteiger partial charge on any atom is -0.489 e. The minimum atomic E-state index is -0.806. The largest absolute Gasteiger partial charge is 0.489 e. The Morgan fingerprint density at radius 1 is 1.11 bits per heavy atom. The molecular formula is C29H31NO5. The van der Waals surface area contributed by atoms with Gasteiger partial charge in [0.25, 0.3) is 5.91 Å². The molecule has 0 atom stereocenters. The van der Waals surface area contributed by atoms with Gasteiger partial charge in [0.1, 0.15) is 18.1 Å². The zero-order chi connectivity index (χ0) is 24.8. The number of carbonyl (C=O) groups excluding carboxylic acids is 1. The van der Waals surface area contributed by atoms with Crippen LogP contribution in [-0.4, -0.2) is 35.5 Å². The lowest BCUT2D eigenvalue weighted by molar-refractivity contribution is -0.136. The zero-order valence-corrected chi connectivity index (χ0v) is 20.2. The van der Waals surface area contributed by atoms with Gasteiger partial charge in [0.15, 0.2) is 0 Å². The topological polar surface area (TPSA) is 80.0 Å². The highest BCUT2D eigenvalue weighted by molar-refractivity contribution is 5.94. The lowest BCUT2D eigenvalue weighted by atomic mass is 10.0. The van der Waals surface area contributed by atoms with Crippen molar-refractivity contribution in [1.82, 2.24) is 4.90 Å². The molecule has 1 amide bonds. The molecule has 0 saturated heterocycles. The van der Waals surface area contributed by atoms with Crippen molar-refractivity contribution < 1.29 is 23.8 Å². The van der Waals surface area contributed by atoms with Crippen molar-refractivity contribution in [3.8, 4) is 17.1 Å². The lowest BCUT2D eigenvalue weighted by Gasteiger charge is -2.20. The Hall–Kier alpha value is -3.80. The number of carboxylic acid groups (broad SMARTS) is 1. The smallest absolute Gasteiger partial charge is 0.303 e. The van der Waals surface area contributed by atoms with E-state index in [2.05, 4.69) is 12.1 Å².